The van der Waals surface area contributed by atoms with Gasteiger partial charge in [0, 0.05) is 43.8 Å². The topological polar surface area (TPSA) is 48.5 Å². The maximum Gasteiger partial charge on any atom is 0.257 e. The summed E-state index contributed by atoms with van der Waals surface area (Å²) >= 11 is 0. The molecule has 5 nitrogen and oxygen atoms in total. The van der Waals surface area contributed by atoms with E-state index in [0.29, 0.717) is 5.56 Å². The van der Waals surface area contributed by atoms with Crippen molar-refractivity contribution in [1.29, 1.82) is 0 Å². The lowest BCUT2D eigenvalue weighted by Crippen LogP contribution is -2.46. The molecule has 1 aliphatic heterocycles. The standard InChI is InChI=1S/C23H23FN4O/c1-17-4-2-3-5-22(17)26-23(29)18-14-21(16-25-15-18)28-12-10-27(11-13-28)20-8-6-19(24)7-9-20/h2-9,14-16H,10-13H2,1H3,(H,26,29). The van der Waals surface area contributed by atoms with Gasteiger partial charge in [0.05, 0.1) is 17.4 Å². The summed E-state index contributed by atoms with van der Waals surface area (Å²) in [5.41, 5.74) is 4.31. The molecule has 6 heteroatoms. The third kappa shape index (κ3) is 4.37. The highest BCUT2D eigenvalue weighted by molar-refractivity contribution is 6.04. The number of para-hydroxylation sites is 1. The van der Waals surface area contributed by atoms with Crippen LogP contribution in [0.4, 0.5) is 21.5 Å². The summed E-state index contributed by atoms with van der Waals surface area (Å²) in [4.78, 5) is 21.4. The first kappa shape index (κ1) is 18.9. The van der Waals surface area contributed by atoms with Gasteiger partial charge in [0.2, 0.25) is 0 Å². The van der Waals surface area contributed by atoms with Gasteiger partial charge in [0.25, 0.3) is 5.91 Å². The third-order valence-electron chi connectivity index (χ3n) is 5.22. The highest BCUT2D eigenvalue weighted by atomic mass is 19.1. The maximum absolute atomic E-state index is 13.1. The van der Waals surface area contributed by atoms with Gasteiger partial charge in [-0.1, -0.05) is 18.2 Å². The Balaban J connectivity index is 1.42. The second-order valence-corrected chi connectivity index (χ2v) is 7.15. The number of benzene rings is 2. The summed E-state index contributed by atoms with van der Waals surface area (Å²) in [5, 5.41) is 2.95. The monoisotopic (exact) mass is 390 g/mol. The van der Waals surface area contributed by atoms with E-state index < -0.39 is 0 Å². The number of carbonyl (C=O) groups is 1. The Labute approximate surface area is 169 Å². The Kier molecular flexibility index (Phi) is 5.42. The fourth-order valence-electron chi connectivity index (χ4n) is 3.51. The first-order valence-electron chi connectivity index (χ1n) is 9.68. The van der Waals surface area contributed by atoms with Crippen LogP contribution in [-0.4, -0.2) is 37.1 Å². The second kappa shape index (κ2) is 8.31. The Morgan fingerprint density at radius 2 is 1.59 bits per heavy atom. The summed E-state index contributed by atoms with van der Waals surface area (Å²) in [7, 11) is 0. The second-order valence-electron chi connectivity index (χ2n) is 7.15. The number of aryl methyl sites for hydroxylation is 1. The van der Waals surface area contributed by atoms with Crippen molar-refractivity contribution >= 4 is 23.0 Å². The Bertz CT molecular complexity index is 998. The minimum absolute atomic E-state index is 0.168. The molecule has 29 heavy (non-hydrogen) atoms. The zero-order chi connectivity index (χ0) is 20.2. The fraction of sp³-hybridized carbons (Fsp3) is 0.217. The molecule has 1 N–H and O–H groups in total. The normalized spacial score (nSPS) is 14.0. The molecule has 1 amide bonds. The van der Waals surface area contributed by atoms with Crippen LogP contribution in [0.2, 0.25) is 0 Å². The predicted octanol–water partition coefficient (Wildman–Crippen LogP) is 4.11. The SMILES string of the molecule is Cc1ccccc1NC(=O)c1cncc(N2CCN(c3ccc(F)cc3)CC2)c1. The summed E-state index contributed by atoms with van der Waals surface area (Å²) in [6.07, 6.45) is 3.38. The molecule has 2 aromatic carbocycles. The lowest BCUT2D eigenvalue weighted by Gasteiger charge is -2.37. The van der Waals surface area contributed by atoms with Crippen molar-refractivity contribution in [2.75, 3.05) is 41.3 Å². The van der Waals surface area contributed by atoms with Gasteiger partial charge in [-0.05, 0) is 48.9 Å². The van der Waals surface area contributed by atoms with Crippen molar-refractivity contribution < 1.29 is 9.18 Å². The van der Waals surface area contributed by atoms with E-state index in [1.165, 1.54) is 12.1 Å². The number of nitrogens with one attached hydrogen (secondary N) is 1. The number of amides is 1. The van der Waals surface area contributed by atoms with Crippen molar-refractivity contribution in [2.24, 2.45) is 0 Å². The van der Waals surface area contributed by atoms with Crippen molar-refractivity contribution in [3.8, 4) is 0 Å². The molecule has 2 heterocycles. The smallest absolute Gasteiger partial charge is 0.257 e. The summed E-state index contributed by atoms with van der Waals surface area (Å²) in [6.45, 7) is 5.23. The predicted molar refractivity (Wildman–Crippen MR) is 114 cm³/mol. The van der Waals surface area contributed by atoms with Gasteiger partial charge in [-0.3, -0.25) is 9.78 Å². The van der Waals surface area contributed by atoms with E-state index in [9.17, 15) is 9.18 Å². The molecule has 0 aliphatic carbocycles. The summed E-state index contributed by atoms with van der Waals surface area (Å²) in [6, 6.07) is 16.2. The maximum atomic E-state index is 13.1. The average Bonchev–Trinajstić information content (AvgIpc) is 2.76. The van der Waals surface area contributed by atoms with E-state index in [0.717, 1.165) is 48.8 Å². The first-order chi connectivity index (χ1) is 14.1. The van der Waals surface area contributed by atoms with E-state index in [2.05, 4.69) is 20.1 Å². The van der Waals surface area contributed by atoms with Crippen LogP contribution in [0.1, 0.15) is 15.9 Å². The summed E-state index contributed by atoms with van der Waals surface area (Å²) in [5.74, 6) is -0.391. The number of hydrogen-bond donors (Lipinski definition) is 1. The van der Waals surface area contributed by atoms with Crippen LogP contribution in [0.25, 0.3) is 0 Å². The molecular weight excluding hydrogens is 367 g/mol. The molecule has 0 unspecified atom stereocenters. The molecule has 0 spiro atoms. The molecule has 0 bridgehead atoms. The molecule has 1 aliphatic rings. The van der Waals surface area contributed by atoms with Gasteiger partial charge in [-0.2, -0.15) is 0 Å². The van der Waals surface area contributed by atoms with Crippen LogP contribution in [-0.2, 0) is 0 Å². The molecule has 0 saturated carbocycles. The van der Waals surface area contributed by atoms with Crippen LogP contribution in [0.5, 0.6) is 0 Å². The number of carbonyl (C=O) groups excluding carboxylic acids is 1. The van der Waals surface area contributed by atoms with Gasteiger partial charge >= 0.3 is 0 Å². The van der Waals surface area contributed by atoms with Crippen LogP contribution in [0, 0.1) is 12.7 Å². The van der Waals surface area contributed by atoms with E-state index >= 15 is 0 Å². The van der Waals surface area contributed by atoms with Crippen molar-refractivity contribution in [3.63, 3.8) is 0 Å². The van der Waals surface area contributed by atoms with E-state index in [-0.39, 0.29) is 11.7 Å². The van der Waals surface area contributed by atoms with Crippen molar-refractivity contribution in [1.82, 2.24) is 4.98 Å². The van der Waals surface area contributed by atoms with Crippen molar-refractivity contribution in [3.05, 3.63) is 83.9 Å². The van der Waals surface area contributed by atoms with Crippen molar-refractivity contribution in [2.45, 2.75) is 6.92 Å². The molecule has 148 valence electrons. The molecule has 4 rings (SSSR count). The highest BCUT2D eigenvalue weighted by Crippen LogP contribution is 2.22. The van der Waals surface area contributed by atoms with Gasteiger partial charge < -0.3 is 15.1 Å². The Morgan fingerprint density at radius 3 is 2.28 bits per heavy atom. The number of pyridine rings is 1. The van der Waals surface area contributed by atoms with Gasteiger partial charge in [0.15, 0.2) is 0 Å². The number of hydrogen-bond acceptors (Lipinski definition) is 4. The van der Waals surface area contributed by atoms with E-state index in [4.69, 9.17) is 0 Å². The number of piperazine rings is 1. The van der Waals surface area contributed by atoms with Crippen LogP contribution in [0.15, 0.2) is 67.0 Å². The Morgan fingerprint density at radius 1 is 0.931 bits per heavy atom. The van der Waals surface area contributed by atoms with E-state index in [1.807, 2.05) is 49.4 Å². The Hall–Kier alpha value is -3.41. The molecule has 3 aromatic rings. The number of aromatic nitrogens is 1. The zero-order valence-electron chi connectivity index (χ0n) is 16.3. The molecule has 0 atom stereocenters. The minimum Gasteiger partial charge on any atom is -0.368 e. The number of halogens is 1. The van der Waals surface area contributed by atoms with Gasteiger partial charge in [-0.15, -0.1) is 0 Å². The third-order valence-corrected chi connectivity index (χ3v) is 5.22. The quantitative estimate of drug-likeness (QED) is 0.728. The lowest BCUT2D eigenvalue weighted by molar-refractivity contribution is 0.102. The summed E-state index contributed by atoms with van der Waals surface area (Å²) < 4.78 is 13.1. The van der Waals surface area contributed by atoms with Gasteiger partial charge in [0.1, 0.15) is 5.82 Å². The fourth-order valence-corrected chi connectivity index (χ4v) is 3.51. The molecule has 1 fully saturated rings. The van der Waals surface area contributed by atoms with Crippen LogP contribution < -0.4 is 15.1 Å². The van der Waals surface area contributed by atoms with E-state index in [1.54, 1.807) is 12.4 Å². The number of nitrogens with zero attached hydrogens (tertiary/aromatic N) is 3. The molecule has 1 saturated heterocycles. The largest absolute Gasteiger partial charge is 0.368 e. The lowest BCUT2D eigenvalue weighted by atomic mass is 10.1. The molecular formula is C23H23FN4O. The molecule has 0 radical (unpaired) electrons. The van der Waals surface area contributed by atoms with Gasteiger partial charge in [-0.25, -0.2) is 4.39 Å². The first-order valence-corrected chi connectivity index (χ1v) is 9.68. The average molecular weight is 390 g/mol. The number of anilines is 3. The van der Waals surface area contributed by atoms with Crippen LogP contribution >= 0.6 is 0 Å². The zero-order valence-corrected chi connectivity index (χ0v) is 16.3. The van der Waals surface area contributed by atoms with Crippen LogP contribution in [0.3, 0.4) is 0 Å². The number of rotatable bonds is 4. The minimum atomic E-state index is -0.223. The highest BCUT2D eigenvalue weighted by Gasteiger charge is 2.19. The molecule has 1 aromatic heterocycles.